The molecule has 2 aromatic carbocycles. The largest absolute Gasteiger partial charge is 0.387 e. The van der Waals surface area contributed by atoms with Crippen LogP contribution in [0.5, 0.6) is 0 Å². The van der Waals surface area contributed by atoms with Gasteiger partial charge in [-0.3, -0.25) is 0 Å². The molecule has 0 aliphatic heterocycles. The molecule has 0 saturated carbocycles. The lowest BCUT2D eigenvalue weighted by molar-refractivity contribution is 0.181. The monoisotopic (exact) mass is 319 g/mol. The summed E-state index contributed by atoms with van der Waals surface area (Å²) in [5, 5.41) is 10.1. The first-order valence-corrected chi connectivity index (χ1v) is 8.88. The number of aryl methyl sites for hydroxylation is 2. The lowest BCUT2D eigenvalue weighted by atomic mass is 10.0. The van der Waals surface area contributed by atoms with Crippen LogP contribution in [0.15, 0.2) is 54.6 Å². The Morgan fingerprint density at radius 3 is 2.36 bits per heavy atom. The Balaban J connectivity index is 1.88. The Kier molecular flexibility index (Phi) is 5.71. The van der Waals surface area contributed by atoms with Crippen LogP contribution in [0.1, 0.15) is 22.8 Å². The minimum absolute atomic E-state index is 0.0114. The Labute approximate surface area is 131 Å². The molecule has 0 unspecified atom stereocenters. The standard InChI is InChI=1S/C17H21NO3S/c1-14-7-5-6-10-16(14)17(19)13-18-22(20,21)12-11-15-8-3-2-4-9-15/h2-10,17-19H,11-13H2,1H3/t17-/m1/s1. The van der Waals surface area contributed by atoms with E-state index in [9.17, 15) is 13.5 Å². The second-order valence-electron chi connectivity index (χ2n) is 5.28. The second kappa shape index (κ2) is 7.54. The maximum atomic E-state index is 12.0. The summed E-state index contributed by atoms with van der Waals surface area (Å²) in [6.45, 7) is 1.88. The van der Waals surface area contributed by atoms with Crippen LogP contribution in [0.25, 0.3) is 0 Å². The fourth-order valence-corrected chi connectivity index (χ4v) is 3.31. The van der Waals surface area contributed by atoms with Crippen LogP contribution in [0, 0.1) is 6.92 Å². The van der Waals surface area contributed by atoms with Gasteiger partial charge in [0, 0.05) is 6.54 Å². The number of benzene rings is 2. The first-order valence-electron chi connectivity index (χ1n) is 7.23. The lowest BCUT2D eigenvalue weighted by Crippen LogP contribution is -2.31. The third-order valence-electron chi connectivity index (χ3n) is 3.55. The summed E-state index contributed by atoms with van der Waals surface area (Å²) >= 11 is 0. The minimum Gasteiger partial charge on any atom is -0.387 e. The zero-order valence-corrected chi connectivity index (χ0v) is 13.4. The van der Waals surface area contributed by atoms with Crippen molar-refractivity contribution in [3.63, 3.8) is 0 Å². The van der Waals surface area contributed by atoms with E-state index in [4.69, 9.17) is 0 Å². The van der Waals surface area contributed by atoms with E-state index >= 15 is 0 Å². The maximum absolute atomic E-state index is 12.0. The van der Waals surface area contributed by atoms with Crippen LogP contribution >= 0.6 is 0 Å². The lowest BCUT2D eigenvalue weighted by Gasteiger charge is -2.14. The molecule has 5 heteroatoms. The summed E-state index contributed by atoms with van der Waals surface area (Å²) in [5.41, 5.74) is 2.67. The van der Waals surface area contributed by atoms with Crippen LogP contribution in [-0.2, 0) is 16.4 Å². The van der Waals surface area contributed by atoms with Gasteiger partial charge in [-0.25, -0.2) is 13.1 Å². The summed E-state index contributed by atoms with van der Waals surface area (Å²) in [7, 11) is -3.41. The number of hydrogen-bond acceptors (Lipinski definition) is 3. The normalized spacial score (nSPS) is 13.0. The Bertz CT molecular complexity index is 699. The zero-order valence-electron chi connectivity index (χ0n) is 12.6. The molecule has 0 saturated heterocycles. The summed E-state index contributed by atoms with van der Waals surface area (Å²) in [6, 6.07) is 16.9. The third-order valence-corrected chi connectivity index (χ3v) is 4.89. The topological polar surface area (TPSA) is 66.4 Å². The van der Waals surface area contributed by atoms with Crippen molar-refractivity contribution in [1.82, 2.24) is 4.72 Å². The van der Waals surface area contributed by atoms with E-state index in [-0.39, 0.29) is 12.3 Å². The van der Waals surface area contributed by atoms with Gasteiger partial charge in [-0.2, -0.15) is 0 Å². The minimum atomic E-state index is -3.41. The van der Waals surface area contributed by atoms with E-state index in [0.717, 1.165) is 16.7 Å². The second-order valence-corrected chi connectivity index (χ2v) is 7.20. The fourth-order valence-electron chi connectivity index (χ4n) is 2.25. The van der Waals surface area contributed by atoms with Crippen molar-refractivity contribution in [2.45, 2.75) is 19.4 Å². The molecular formula is C17H21NO3S. The van der Waals surface area contributed by atoms with Gasteiger partial charge in [-0.1, -0.05) is 54.6 Å². The van der Waals surface area contributed by atoms with Crippen LogP contribution in [0.4, 0.5) is 0 Å². The van der Waals surface area contributed by atoms with Crippen molar-refractivity contribution in [3.8, 4) is 0 Å². The summed E-state index contributed by atoms with van der Waals surface area (Å²) in [5.74, 6) is 0.0114. The molecular weight excluding hydrogens is 298 g/mol. The summed E-state index contributed by atoms with van der Waals surface area (Å²) in [6.07, 6.45) is -0.385. The highest BCUT2D eigenvalue weighted by Gasteiger charge is 2.15. The van der Waals surface area contributed by atoms with Crippen LogP contribution < -0.4 is 4.72 Å². The Morgan fingerprint density at radius 1 is 1.05 bits per heavy atom. The van der Waals surface area contributed by atoms with Crippen molar-refractivity contribution in [2.75, 3.05) is 12.3 Å². The van der Waals surface area contributed by atoms with Crippen molar-refractivity contribution in [1.29, 1.82) is 0 Å². The van der Waals surface area contributed by atoms with Crippen molar-refractivity contribution in [3.05, 3.63) is 71.3 Å². The zero-order chi connectivity index (χ0) is 16.0. The molecule has 2 aromatic rings. The molecule has 0 aliphatic carbocycles. The van der Waals surface area contributed by atoms with E-state index in [2.05, 4.69) is 4.72 Å². The number of hydrogen-bond donors (Lipinski definition) is 2. The van der Waals surface area contributed by atoms with Gasteiger partial charge < -0.3 is 5.11 Å². The molecule has 0 radical (unpaired) electrons. The number of aliphatic hydroxyl groups is 1. The van der Waals surface area contributed by atoms with Crippen molar-refractivity contribution >= 4 is 10.0 Å². The first kappa shape index (κ1) is 16.7. The SMILES string of the molecule is Cc1ccccc1[C@H](O)CNS(=O)(=O)CCc1ccccc1. The van der Waals surface area contributed by atoms with Gasteiger partial charge in [0.1, 0.15) is 0 Å². The van der Waals surface area contributed by atoms with Gasteiger partial charge in [0.25, 0.3) is 0 Å². The molecule has 0 aromatic heterocycles. The van der Waals surface area contributed by atoms with Gasteiger partial charge in [-0.05, 0) is 30.0 Å². The molecule has 2 N–H and O–H groups in total. The van der Waals surface area contributed by atoms with Gasteiger partial charge in [0.15, 0.2) is 0 Å². The molecule has 0 spiro atoms. The molecule has 22 heavy (non-hydrogen) atoms. The molecule has 4 nitrogen and oxygen atoms in total. The van der Waals surface area contributed by atoms with Crippen molar-refractivity contribution in [2.24, 2.45) is 0 Å². The molecule has 0 aliphatic rings. The van der Waals surface area contributed by atoms with Gasteiger partial charge in [-0.15, -0.1) is 0 Å². The van der Waals surface area contributed by atoms with Crippen LogP contribution in [-0.4, -0.2) is 25.8 Å². The van der Waals surface area contributed by atoms with Gasteiger partial charge >= 0.3 is 0 Å². The first-order chi connectivity index (χ1) is 10.5. The molecule has 0 amide bonds. The third kappa shape index (κ3) is 4.94. The molecule has 1 atom stereocenters. The van der Waals surface area contributed by atoms with Crippen molar-refractivity contribution < 1.29 is 13.5 Å². The van der Waals surface area contributed by atoms with E-state index < -0.39 is 16.1 Å². The van der Waals surface area contributed by atoms with Crippen LogP contribution in [0.3, 0.4) is 0 Å². The van der Waals surface area contributed by atoms with E-state index in [1.165, 1.54) is 0 Å². The van der Waals surface area contributed by atoms with Gasteiger partial charge in [0.05, 0.1) is 11.9 Å². The summed E-state index contributed by atoms with van der Waals surface area (Å²) < 4.78 is 26.5. The van der Waals surface area contributed by atoms with E-state index in [1.54, 1.807) is 6.07 Å². The Morgan fingerprint density at radius 2 is 1.68 bits per heavy atom. The maximum Gasteiger partial charge on any atom is 0.212 e. The number of rotatable bonds is 7. The molecule has 0 bridgehead atoms. The average molecular weight is 319 g/mol. The highest BCUT2D eigenvalue weighted by Crippen LogP contribution is 2.16. The molecule has 0 heterocycles. The number of sulfonamides is 1. The predicted molar refractivity (Wildman–Crippen MR) is 88.1 cm³/mol. The highest BCUT2D eigenvalue weighted by atomic mass is 32.2. The molecule has 118 valence electrons. The average Bonchev–Trinajstić information content (AvgIpc) is 2.52. The van der Waals surface area contributed by atoms with E-state index in [0.29, 0.717) is 6.42 Å². The molecule has 0 fully saturated rings. The number of aliphatic hydroxyl groups excluding tert-OH is 1. The smallest absolute Gasteiger partial charge is 0.212 e. The summed E-state index contributed by atoms with van der Waals surface area (Å²) in [4.78, 5) is 0. The van der Waals surface area contributed by atoms with Crippen LogP contribution in [0.2, 0.25) is 0 Å². The molecule has 2 rings (SSSR count). The quantitative estimate of drug-likeness (QED) is 0.822. The van der Waals surface area contributed by atoms with Gasteiger partial charge in [0.2, 0.25) is 10.0 Å². The number of nitrogens with one attached hydrogen (secondary N) is 1. The Hall–Kier alpha value is -1.69. The van der Waals surface area contributed by atoms with E-state index in [1.807, 2.05) is 55.5 Å². The predicted octanol–water partition coefficient (Wildman–Crippen LogP) is 2.19. The highest BCUT2D eigenvalue weighted by molar-refractivity contribution is 7.89. The fraction of sp³-hybridized carbons (Fsp3) is 0.294.